The van der Waals surface area contributed by atoms with E-state index in [1.54, 1.807) is 18.3 Å². The van der Waals surface area contributed by atoms with Gasteiger partial charge in [0, 0.05) is 11.9 Å². The van der Waals surface area contributed by atoms with E-state index in [2.05, 4.69) is 27.1 Å². The van der Waals surface area contributed by atoms with Crippen LogP contribution in [0.5, 0.6) is 0 Å². The number of H-pyrrole nitrogens is 1. The SMILES string of the molecule is NC(=C(C=Nc1nc2ccccc2[nH]1)CCc1ccccc1)c1ccc(F)cc1. The van der Waals surface area contributed by atoms with E-state index in [1.807, 2.05) is 42.5 Å². The van der Waals surface area contributed by atoms with Gasteiger partial charge in [-0.1, -0.05) is 42.5 Å². The number of para-hydroxylation sites is 2. The van der Waals surface area contributed by atoms with Crippen LogP contribution in [0.3, 0.4) is 0 Å². The predicted octanol–water partition coefficient (Wildman–Crippen LogP) is 5.41. The summed E-state index contributed by atoms with van der Waals surface area (Å²) in [5.41, 5.74) is 11.7. The van der Waals surface area contributed by atoms with E-state index in [1.165, 1.54) is 17.7 Å². The molecule has 0 unspecified atom stereocenters. The molecule has 5 heteroatoms. The number of aromatic amines is 1. The molecule has 0 bridgehead atoms. The normalized spacial score (nSPS) is 12.4. The number of allylic oxidation sites excluding steroid dienone is 1. The van der Waals surface area contributed by atoms with E-state index < -0.39 is 0 Å². The monoisotopic (exact) mass is 384 g/mol. The highest BCUT2D eigenvalue weighted by Crippen LogP contribution is 2.20. The van der Waals surface area contributed by atoms with Gasteiger partial charge in [-0.25, -0.2) is 14.4 Å². The first-order valence-electron chi connectivity index (χ1n) is 9.46. The van der Waals surface area contributed by atoms with Crippen molar-refractivity contribution < 1.29 is 4.39 Å². The highest BCUT2D eigenvalue weighted by Gasteiger charge is 2.07. The van der Waals surface area contributed by atoms with Crippen molar-refractivity contribution in [2.75, 3.05) is 0 Å². The zero-order chi connectivity index (χ0) is 20.1. The zero-order valence-corrected chi connectivity index (χ0v) is 15.8. The van der Waals surface area contributed by atoms with Crippen LogP contribution < -0.4 is 5.73 Å². The third-order valence-electron chi connectivity index (χ3n) is 4.75. The second-order valence-corrected chi connectivity index (χ2v) is 6.77. The highest BCUT2D eigenvalue weighted by molar-refractivity contribution is 5.91. The van der Waals surface area contributed by atoms with Crippen LogP contribution in [0.15, 0.2) is 89.4 Å². The third kappa shape index (κ3) is 4.58. The number of aliphatic imine (C=N–C) groups is 1. The van der Waals surface area contributed by atoms with E-state index in [-0.39, 0.29) is 5.82 Å². The molecular formula is C24H21FN4. The first kappa shape index (κ1) is 18.6. The van der Waals surface area contributed by atoms with Gasteiger partial charge in [0.25, 0.3) is 0 Å². The molecule has 0 amide bonds. The largest absolute Gasteiger partial charge is 0.398 e. The number of aromatic nitrogens is 2. The predicted molar refractivity (Wildman–Crippen MR) is 117 cm³/mol. The van der Waals surface area contributed by atoms with Gasteiger partial charge < -0.3 is 10.7 Å². The maximum absolute atomic E-state index is 13.3. The van der Waals surface area contributed by atoms with Crippen molar-refractivity contribution in [3.8, 4) is 0 Å². The van der Waals surface area contributed by atoms with Crippen LogP contribution in [0.25, 0.3) is 16.7 Å². The fraction of sp³-hybridized carbons (Fsp3) is 0.0833. The van der Waals surface area contributed by atoms with Crippen LogP contribution >= 0.6 is 0 Å². The number of hydrogen-bond acceptors (Lipinski definition) is 3. The number of hydrogen-bond donors (Lipinski definition) is 2. The molecule has 29 heavy (non-hydrogen) atoms. The second-order valence-electron chi connectivity index (χ2n) is 6.77. The average molecular weight is 384 g/mol. The molecule has 0 aliphatic carbocycles. The Bertz CT molecular complexity index is 1130. The number of benzene rings is 3. The van der Waals surface area contributed by atoms with Crippen LogP contribution in [0.1, 0.15) is 17.5 Å². The molecule has 144 valence electrons. The first-order valence-corrected chi connectivity index (χ1v) is 9.46. The van der Waals surface area contributed by atoms with Gasteiger partial charge >= 0.3 is 0 Å². The maximum Gasteiger partial charge on any atom is 0.227 e. The summed E-state index contributed by atoms with van der Waals surface area (Å²) in [5, 5.41) is 0. The molecule has 0 spiro atoms. The number of imidazole rings is 1. The van der Waals surface area contributed by atoms with E-state index >= 15 is 0 Å². The van der Waals surface area contributed by atoms with Crippen LogP contribution in [0, 0.1) is 5.82 Å². The molecule has 0 aliphatic heterocycles. The van der Waals surface area contributed by atoms with Crippen molar-refractivity contribution in [1.29, 1.82) is 0 Å². The molecule has 4 nitrogen and oxygen atoms in total. The van der Waals surface area contributed by atoms with Crippen molar-refractivity contribution in [1.82, 2.24) is 9.97 Å². The van der Waals surface area contributed by atoms with Gasteiger partial charge in [-0.05, 0) is 65.9 Å². The summed E-state index contributed by atoms with van der Waals surface area (Å²) in [6.45, 7) is 0. The number of halogens is 1. The Hall–Kier alpha value is -3.73. The van der Waals surface area contributed by atoms with Crippen LogP contribution in [0.4, 0.5) is 10.3 Å². The molecular weight excluding hydrogens is 363 g/mol. The van der Waals surface area contributed by atoms with Crippen molar-refractivity contribution in [2.24, 2.45) is 10.7 Å². The molecule has 0 atom stereocenters. The molecule has 4 aromatic rings. The minimum absolute atomic E-state index is 0.289. The smallest absolute Gasteiger partial charge is 0.227 e. The molecule has 0 saturated heterocycles. The van der Waals surface area contributed by atoms with Gasteiger partial charge in [0.1, 0.15) is 5.82 Å². The third-order valence-corrected chi connectivity index (χ3v) is 4.75. The summed E-state index contributed by atoms with van der Waals surface area (Å²) in [5.74, 6) is 0.235. The fourth-order valence-corrected chi connectivity index (χ4v) is 3.15. The summed E-state index contributed by atoms with van der Waals surface area (Å²) >= 11 is 0. The Balaban J connectivity index is 1.64. The molecule has 1 heterocycles. The lowest BCUT2D eigenvalue weighted by atomic mass is 10.0. The van der Waals surface area contributed by atoms with Gasteiger partial charge in [-0.2, -0.15) is 0 Å². The molecule has 0 aliphatic rings. The lowest BCUT2D eigenvalue weighted by molar-refractivity contribution is 0.627. The van der Waals surface area contributed by atoms with E-state index in [9.17, 15) is 4.39 Å². The van der Waals surface area contributed by atoms with Crippen molar-refractivity contribution in [3.63, 3.8) is 0 Å². The number of nitrogens with two attached hydrogens (primary N) is 1. The maximum atomic E-state index is 13.3. The minimum atomic E-state index is -0.289. The molecule has 3 N–H and O–H groups in total. The Morgan fingerprint density at radius 3 is 2.45 bits per heavy atom. The van der Waals surface area contributed by atoms with Crippen LogP contribution in [-0.2, 0) is 6.42 Å². The van der Waals surface area contributed by atoms with Crippen molar-refractivity contribution in [3.05, 3.63) is 101 Å². The topological polar surface area (TPSA) is 67.1 Å². The Kier molecular flexibility index (Phi) is 5.47. The highest BCUT2D eigenvalue weighted by atomic mass is 19.1. The number of rotatable bonds is 6. The quantitative estimate of drug-likeness (QED) is 0.437. The summed E-state index contributed by atoms with van der Waals surface area (Å²) in [6, 6.07) is 24.2. The fourth-order valence-electron chi connectivity index (χ4n) is 3.15. The van der Waals surface area contributed by atoms with Crippen molar-refractivity contribution in [2.45, 2.75) is 12.8 Å². The van der Waals surface area contributed by atoms with E-state index in [4.69, 9.17) is 5.73 Å². The zero-order valence-electron chi connectivity index (χ0n) is 15.8. The van der Waals surface area contributed by atoms with E-state index in [0.29, 0.717) is 18.1 Å². The summed E-state index contributed by atoms with van der Waals surface area (Å²) in [6.07, 6.45) is 3.28. The number of fused-ring (bicyclic) bond motifs is 1. The first-order chi connectivity index (χ1) is 14.2. The van der Waals surface area contributed by atoms with Gasteiger partial charge in [-0.15, -0.1) is 0 Å². The average Bonchev–Trinajstić information content (AvgIpc) is 3.17. The Labute approximate surface area is 168 Å². The standard InChI is InChI=1S/C24H21FN4/c25-20-14-12-18(13-15-20)23(26)19(11-10-17-6-2-1-3-7-17)16-27-24-28-21-8-4-5-9-22(21)29-24/h1-9,12-16H,10-11,26H2,(H,28,29). The van der Waals surface area contributed by atoms with Crippen LogP contribution in [0.2, 0.25) is 0 Å². The molecule has 0 saturated carbocycles. The molecule has 0 fully saturated rings. The second kappa shape index (κ2) is 8.52. The van der Waals surface area contributed by atoms with Gasteiger partial charge in [0.2, 0.25) is 5.95 Å². The molecule has 1 aromatic heterocycles. The lowest BCUT2D eigenvalue weighted by Crippen LogP contribution is -2.04. The van der Waals surface area contributed by atoms with Crippen LogP contribution in [-0.4, -0.2) is 16.2 Å². The van der Waals surface area contributed by atoms with Gasteiger partial charge in [-0.3, -0.25) is 0 Å². The number of aryl methyl sites for hydroxylation is 1. The minimum Gasteiger partial charge on any atom is -0.398 e. The molecule has 3 aromatic carbocycles. The van der Waals surface area contributed by atoms with E-state index in [0.717, 1.165) is 28.6 Å². The van der Waals surface area contributed by atoms with Gasteiger partial charge in [0.15, 0.2) is 0 Å². The lowest BCUT2D eigenvalue weighted by Gasteiger charge is -2.09. The van der Waals surface area contributed by atoms with Gasteiger partial charge in [0.05, 0.1) is 11.0 Å². The Morgan fingerprint density at radius 2 is 1.69 bits per heavy atom. The molecule has 0 radical (unpaired) electrons. The number of nitrogens with one attached hydrogen (secondary N) is 1. The summed E-state index contributed by atoms with van der Waals surface area (Å²) < 4.78 is 13.3. The number of nitrogens with zero attached hydrogens (tertiary/aromatic N) is 2. The Morgan fingerprint density at radius 1 is 0.966 bits per heavy atom. The van der Waals surface area contributed by atoms with Crippen molar-refractivity contribution >= 4 is 28.9 Å². The molecule has 4 rings (SSSR count). The summed E-state index contributed by atoms with van der Waals surface area (Å²) in [4.78, 5) is 12.2. The summed E-state index contributed by atoms with van der Waals surface area (Å²) in [7, 11) is 0.